The van der Waals surface area contributed by atoms with Crippen LogP contribution in [-0.4, -0.2) is 42.1 Å². The number of pyridine rings is 1. The molecule has 2 aromatic carbocycles. The fraction of sp³-hybridized carbons (Fsp3) is 0.217. The average Bonchev–Trinajstić information content (AvgIpc) is 2.73. The molecule has 0 bridgehead atoms. The standard InChI is InChI=1S/C23H22N2O3/c1-16-19(12-13-20(24-16)17-8-4-3-5-9-17)23(26)25(2)14-18-15-27-21-10-6-7-11-22(21)28-18/h3-13,18H,14-15H2,1-2H3. The van der Waals surface area contributed by atoms with E-state index in [9.17, 15) is 4.79 Å². The number of aryl methyl sites for hydroxylation is 1. The zero-order chi connectivity index (χ0) is 19.5. The summed E-state index contributed by atoms with van der Waals surface area (Å²) in [4.78, 5) is 19.2. The molecule has 0 spiro atoms. The summed E-state index contributed by atoms with van der Waals surface area (Å²) in [6.07, 6.45) is -0.208. The van der Waals surface area contributed by atoms with E-state index in [1.807, 2.05) is 73.7 Å². The molecule has 4 rings (SSSR count). The summed E-state index contributed by atoms with van der Waals surface area (Å²) in [7, 11) is 1.77. The van der Waals surface area contributed by atoms with Gasteiger partial charge in [0.05, 0.1) is 23.5 Å². The fourth-order valence-corrected chi connectivity index (χ4v) is 3.30. The lowest BCUT2D eigenvalue weighted by Crippen LogP contribution is -2.42. The van der Waals surface area contributed by atoms with Crippen LogP contribution in [0.3, 0.4) is 0 Å². The molecule has 0 saturated carbocycles. The first-order valence-electron chi connectivity index (χ1n) is 9.29. The predicted molar refractivity (Wildman–Crippen MR) is 108 cm³/mol. The molecule has 0 saturated heterocycles. The Morgan fingerprint density at radius 1 is 1.04 bits per heavy atom. The van der Waals surface area contributed by atoms with Crippen molar-refractivity contribution in [2.24, 2.45) is 0 Å². The zero-order valence-corrected chi connectivity index (χ0v) is 16.0. The minimum Gasteiger partial charge on any atom is -0.486 e. The van der Waals surface area contributed by atoms with E-state index in [4.69, 9.17) is 9.47 Å². The highest BCUT2D eigenvalue weighted by atomic mass is 16.6. The molecule has 0 N–H and O–H groups in total. The summed E-state index contributed by atoms with van der Waals surface area (Å²) in [6.45, 7) is 2.72. The van der Waals surface area contributed by atoms with E-state index in [0.29, 0.717) is 30.2 Å². The summed E-state index contributed by atoms with van der Waals surface area (Å²) in [5.74, 6) is 1.38. The Morgan fingerprint density at radius 3 is 2.50 bits per heavy atom. The second-order valence-corrected chi connectivity index (χ2v) is 6.88. The van der Waals surface area contributed by atoms with E-state index < -0.39 is 0 Å². The minimum atomic E-state index is -0.208. The molecule has 5 nitrogen and oxygen atoms in total. The Morgan fingerprint density at radius 2 is 1.75 bits per heavy atom. The lowest BCUT2D eigenvalue weighted by atomic mass is 10.1. The molecule has 2 heterocycles. The number of nitrogens with zero attached hydrogens (tertiary/aromatic N) is 2. The van der Waals surface area contributed by atoms with Crippen LogP contribution in [-0.2, 0) is 0 Å². The van der Waals surface area contributed by atoms with Crippen LogP contribution in [0.4, 0.5) is 0 Å². The summed E-state index contributed by atoms with van der Waals surface area (Å²) in [5, 5.41) is 0. The van der Waals surface area contributed by atoms with Gasteiger partial charge in [-0.05, 0) is 31.2 Å². The van der Waals surface area contributed by atoms with Crippen LogP contribution in [0.5, 0.6) is 11.5 Å². The highest BCUT2D eigenvalue weighted by Crippen LogP contribution is 2.31. The van der Waals surface area contributed by atoms with Crippen molar-refractivity contribution in [3.8, 4) is 22.8 Å². The average molecular weight is 374 g/mol. The number of carbonyl (C=O) groups is 1. The SMILES string of the molecule is Cc1nc(-c2ccccc2)ccc1C(=O)N(C)CC1COc2ccccc2O1. The van der Waals surface area contributed by atoms with E-state index in [1.54, 1.807) is 11.9 Å². The molecule has 28 heavy (non-hydrogen) atoms. The van der Waals surface area contributed by atoms with Gasteiger partial charge in [-0.2, -0.15) is 0 Å². The van der Waals surface area contributed by atoms with Crippen molar-refractivity contribution >= 4 is 5.91 Å². The van der Waals surface area contributed by atoms with Crippen molar-refractivity contribution in [2.45, 2.75) is 13.0 Å². The Kier molecular flexibility index (Phi) is 4.98. The third kappa shape index (κ3) is 3.69. The second-order valence-electron chi connectivity index (χ2n) is 6.88. The minimum absolute atomic E-state index is 0.0768. The molecule has 5 heteroatoms. The molecule has 0 aliphatic carbocycles. The van der Waals surface area contributed by atoms with Crippen molar-refractivity contribution < 1.29 is 14.3 Å². The predicted octanol–water partition coefficient (Wildman–Crippen LogP) is 3.97. The smallest absolute Gasteiger partial charge is 0.255 e. The highest BCUT2D eigenvalue weighted by molar-refractivity contribution is 5.95. The number of ether oxygens (including phenoxy) is 2. The number of benzene rings is 2. The Balaban J connectivity index is 1.45. The molecule has 1 atom stereocenters. The van der Waals surface area contributed by atoms with Crippen LogP contribution in [0.15, 0.2) is 66.7 Å². The summed E-state index contributed by atoms with van der Waals surface area (Å²) in [5.41, 5.74) is 3.20. The maximum absolute atomic E-state index is 12.9. The third-order valence-corrected chi connectivity index (χ3v) is 4.78. The lowest BCUT2D eigenvalue weighted by molar-refractivity contribution is 0.0520. The molecule has 0 fully saturated rings. The largest absolute Gasteiger partial charge is 0.486 e. The van der Waals surface area contributed by atoms with Gasteiger partial charge in [-0.1, -0.05) is 42.5 Å². The number of hydrogen-bond acceptors (Lipinski definition) is 4. The van der Waals surface area contributed by atoms with Crippen molar-refractivity contribution in [1.29, 1.82) is 0 Å². The summed E-state index contributed by atoms with van der Waals surface area (Å²) < 4.78 is 11.7. The van der Waals surface area contributed by atoms with E-state index >= 15 is 0 Å². The van der Waals surface area contributed by atoms with Crippen LogP contribution in [0.2, 0.25) is 0 Å². The molecule has 1 unspecified atom stereocenters. The van der Waals surface area contributed by atoms with Gasteiger partial charge in [-0.15, -0.1) is 0 Å². The number of hydrogen-bond donors (Lipinski definition) is 0. The number of rotatable bonds is 4. The van der Waals surface area contributed by atoms with Crippen LogP contribution in [0, 0.1) is 6.92 Å². The van der Waals surface area contributed by atoms with Crippen LogP contribution in [0.1, 0.15) is 16.1 Å². The number of aromatic nitrogens is 1. The first-order chi connectivity index (χ1) is 13.6. The topological polar surface area (TPSA) is 51.7 Å². The molecule has 3 aromatic rings. The number of para-hydroxylation sites is 2. The van der Waals surface area contributed by atoms with Crippen LogP contribution < -0.4 is 9.47 Å². The normalized spacial score (nSPS) is 15.1. The van der Waals surface area contributed by atoms with E-state index in [2.05, 4.69) is 4.98 Å². The molecule has 1 aliphatic heterocycles. The van der Waals surface area contributed by atoms with Crippen molar-refractivity contribution in [3.05, 3.63) is 78.0 Å². The quantitative estimate of drug-likeness (QED) is 0.693. The molecule has 0 radical (unpaired) electrons. The van der Waals surface area contributed by atoms with Gasteiger partial charge in [0.2, 0.25) is 0 Å². The lowest BCUT2D eigenvalue weighted by Gasteiger charge is -2.29. The maximum Gasteiger partial charge on any atom is 0.255 e. The van der Waals surface area contributed by atoms with Gasteiger partial charge in [-0.3, -0.25) is 9.78 Å². The van der Waals surface area contributed by atoms with Crippen molar-refractivity contribution in [3.63, 3.8) is 0 Å². The third-order valence-electron chi connectivity index (χ3n) is 4.78. The summed E-state index contributed by atoms with van der Waals surface area (Å²) >= 11 is 0. The molecule has 1 aliphatic rings. The van der Waals surface area contributed by atoms with E-state index in [0.717, 1.165) is 17.0 Å². The summed E-state index contributed by atoms with van der Waals surface area (Å²) in [6, 6.07) is 21.2. The Bertz CT molecular complexity index is 988. The zero-order valence-electron chi connectivity index (χ0n) is 16.0. The van der Waals surface area contributed by atoms with Crippen LogP contribution in [0.25, 0.3) is 11.3 Å². The van der Waals surface area contributed by atoms with Crippen molar-refractivity contribution in [2.75, 3.05) is 20.2 Å². The number of carbonyl (C=O) groups excluding carboxylic acids is 1. The molecule has 1 aromatic heterocycles. The Hall–Kier alpha value is -3.34. The van der Waals surface area contributed by atoms with E-state index in [-0.39, 0.29) is 12.0 Å². The maximum atomic E-state index is 12.9. The molecule has 1 amide bonds. The van der Waals surface area contributed by atoms with Crippen molar-refractivity contribution in [1.82, 2.24) is 9.88 Å². The number of fused-ring (bicyclic) bond motifs is 1. The second kappa shape index (κ2) is 7.72. The molecule has 142 valence electrons. The van der Waals surface area contributed by atoms with Gasteiger partial charge in [0.15, 0.2) is 17.6 Å². The van der Waals surface area contributed by atoms with Gasteiger partial charge in [0, 0.05) is 12.6 Å². The number of likely N-dealkylation sites (N-methyl/N-ethyl adjacent to an activating group) is 1. The van der Waals surface area contributed by atoms with Gasteiger partial charge >= 0.3 is 0 Å². The van der Waals surface area contributed by atoms with Gasteiger partial charge in [0.1, 0.15) is 6.61 Å². The van der Waals surface area contributed by atoms with Gasteiger partial charge in [0.25, 0.3) is 5.91 Å². The molecular formula is C23H22N2O3. The van der Waals surface area contributed by atoms with E-state index in [1.165, 1.54) is 0 Å². The molecular weight excluding hydrogens is 352 g/mol. The highest BCUT2D eigenvalue weighted by Gasteiger charge is 2.25. The Labute approximate surface area is 164 Å². The first-order valence-corrected chi connectivity index (χ1v) is 9.29. The first kappa shape index (κ1) is 18.0. The van der Waals surface area contributed by atoms with Gasteiger partial charge in [-0.25, -0.2) is 0 Å². The number of amides is 1. The van der Waals surface area contributed by atoms with Gasteiger partial charge < -0.3 is 14.4 Å². The monoisotopic (exact) mass is 374 g/mol. The fourth-order valence-electron chi connectivity index (χ4n) is 3.30. The van der Waals surface area contributed by atoms with Crippen LogP contribution >= 0.6 is 0 Å².